The van der Waals surface area contributed by atoms with Gasteiger partial charge >= 0.3 is 11.5 Å². The van der Waals surface area contributed by atoms with Crippen molar-refractivity contribution in [1.82, 2.24) is 4.98 Å². The average Bonchev–Trinajstić information content (AvgIpc) is 2.29. The Kier molecular flexibility index (Phi) is 2.47. The van der Waals surface area contributed by atoms with Gasteiger partial charge in [-0.1, -0.05) is 11.8 Å². The van der Waals surface area contributed by atoms with Crippen LogP contribution in [0.15, 0.2) is 42.9 Å². The van der Waals surface area contributed by atoms with Crippen molar-refractivity contribution in [3.63, 3.8) is 0 Å². The van der Waals surface area contributed by atoms with Gasteiger partial charge in [0.1, 0.15) is 0 Å². The molecule has 0 aliphatic carbocycles. The molecule has 0 aromatic carbocycles. The van der Waals surface area contributed by atoms with Crippen LogP contribution in [0.3, 0.4) is 0 Å². The fourth-order valence-electron chi connectivity index (χ4n) is 1.24. The Balaban J connectivity index is 2.38. The fraction of sp³-hybridized carbons (Fsp3) is 0. The molecule has 0 radical (unpaired) electrons. The lowest BCUT2D eigenvalue weighted by molar-refractivity contribution is -0.603. The van der Waals surface area contributed by atoms with Crippen LogP contribution in [-0.4, -0.2) is 9.91 Å². The zero-order valence-electron chi connectivity index (χ0n) is 8.11. The highest BCUT2D eigenvalue weighted by atomic mass is 16.6. The van der Waals surface area contributed by atoms with Crippen LogP contribution in [0.5, 0.6) is 5.75 Å². The van der Waals surface area contributed by atoms with Gasteiger partial charge in [-0.05, 0) is 11.1 Å². The van der Waals surface area contributed by atoms with Gasteiger partial charge in [-0.2, -0.15) is 0 Å². The van der Waals surface area contributed by atoms with Crippen molar-refractivity contribution in [2.45, 2.75) is 0 Å². The molecule has 0 unspecified atom stereocenters. The molecule has 16 heavy (non-hydrogen) atoms. The van der Waals surface area contributed by atoms with E-state index < -0.39 is 4.92 Å². The Labute approximate surface area is 90.6 Å². The smallest absolute Gasteiger partial charge is 0.328 e. The van der Waals surface area contributed by atoms with E-state index in [0.717, 1.165) is 6.20 Å². The summed E-state index contributed by atoms with van der Waals surface area (Å²) < 4.78 is 1.51. The van der Waals surface area contributed by atoms with Gasteiger partial charge in [0.25, 0.3) is 0 Å². The number of hydrogen-bond donors (Lipinski definition) is 0. The summed E-state index contributed by atoms with van der Waals surface area (Å²) in [5.41, 5.74) is -0.0809. The largest absolute Gasteiger partial charge is 0.870 e. The molecular formula is C10H7N3O3. The Morgan fingerprint density at radius 2 is 2.12 bits per heavy atom. The highest BCUT2D eigenvalue weighted by Crippen LogP contribution is 2.09. The molecule has 0 atom stereocenters. The van der Waals surface area contributed by atoms with E-state index >= 15 is 0 Å². The third-order valence-corrected chi connectivity index (χ3v) is 1.98. The van der Waals surface area contributed by atoms with Crippen LogP contribution in [0.4, 0.5) is 5.69 Å². The molecule has 0 saturated carbocycles. The molecule has 0 saturated heterocycles. The quantitative estimate of drug-likeness (QED) is 0.412. The van der Waals surface area contributed by atoms with Crippen molar-refractivity contribution in [3.8, 4) is 11.6 Å². The van der Waals surface area contributed by atoms with Gasteiger partial charge in [0.2, 0.25) is 6.20 Å². The maximum absolute atomic E-state index is 11.1. The third kappa shape index (κ3) is 1.95. The van der Waals surface area contributed by atoms with Gasteiger partial charge in [-0.3, -0.25) is 10.1 Å². The standard InChI is InChI=1S/C10H7N3O3/c14-9-2-1-5-12(7-9)10-4-3-8(6-11-10)13(15)16/h1-7H. The highest BCUT2D eigenvalue weighted by molar-refractivity contribution is 5.29. The molecule has 6 nitrogen and oxygen atoms in total. The number of nitrogens with zero attached hydrogens (tertiary/aromatic N) is 3. The van der Waals surface area contributed by atoms with Crippen LogP contribution in [0.25, 0.3) is 5.82 Å². The summed E-state index contributed by atoms with van der Waals surface area (Å²) in [5.74, 6) is 0.311. The number of pyridine rings is 2. The number of rotatable bonds is 2. The first-order valence-corrected chi connectivity index (χ1v) is 4.46. The second kappa shape index (κ2) is 3.93. The van der Waals surface area contributed by atoms with Crippen LogP contribution in [-0.2, 0) is 0 Å². The normalized spacial score (nSPS) is 10.0. The van der Waals surface area contributed by atoms with Gasteiger partial charge in [-0.25, -0.2) is 4.57 Å². The number of hydrogen-bond acceptors (Lipinski definition) is 4. The molecule has 2 aromatic heterocycles. The summed E-state index contributed by atoms with van der Waals surface area (Å²) >= 11 is 0. The first-order valence-electron chi connectivity index (χ1n) is 4.46. The Morgan fingerprint density at radius 1 is 1.31 bits per heavy atom. The molecule has 0 fully saturated rings. The topological polar surface area (TPSA) is 83.0 Å². The van der Waals surface area contributed by atoms with Crippen LogP contribution in [0, 0.1) is 10.1 Å². The summed E-state index contributed by atoms with van der Waals surface area (Å²) in [4.78, 5) is 13.8. The maximum Gasteiger partial charge on any atom is 0.328 e. The van der Waals surface area contributed by atoms with Crippen molar-refractivity contribution >= 4 is 5.69 Å². The minimum atomic E-state index is -0.522. The van der Waals surface area contributed by atoms with Gasteiger partial charge in [0.05, 0.1) is 17.3 Å². The van der Waals surface area contributed by atoms with Crippen LogP contribution >= 0.6 is 0 Å². The molecule has 0 amide bonds. The lowest BCUT2D eigenvalue weighted by atomic mass is 10.4. The SMILES string of the molecule is O=[N+]([O-])c1ccc(-[n+]2cccc([O-])c2)nc1. The van der Waals surface area contributed by atoms with E-state index in [9.17, 15) is 15.2 Å². The van der Waals surface area contributed by atoms with Gasteiger partial charge in [-0.15, -0.1) is 0 Å². The van der Waals surface area contributed by atoms with Gasteiger partial charge in [0.15, 0.2) is 0 Å². The lowest BCUT2D eigenvalue weighted by Crippen LogP contribution is -2.31. The molecular weight excluding hydrogens is 210 g/mol. The van der Waals surface area contributed by atoms with E-state index in [1.807, 2.05) is 0 Å². The van der Waals surface area contributed by atoms with E-state index in [4.69, 9.17) is 0 Å². The monoisotopic (exact) mass is 217 g/mol. The predicted octanol–water partition coefficient (Wildman–Crippen LogP) is 0.340. The highest BCUT2D eigenvalue weighted by Gasteiger charge is 2.12. The summed E-state index contributed by atoms with van der Waals surface area (Å²) in [6, 6.07) is 5.83. The van der Waals surface area contributed by atoms with E-state index in [1.54, 1.807) is 12.3 Å². The van der Waals surface area contributed by atoms with Crippen LogP contribution < -0.4 is 9.67 Å². The van der Waals surface area contributed by atoms with Crippen LogP contribution in [0.2, 0.25) is 0 Å². The van der Waals surface area contributed by atoms with Crippen molar-refractivity contribution in [2.75, 3.05) is 0 Å². The van der Waals surface area contributed by atoms with E-state index in [1.165, 1.54) is 29.0 Å². The second-order valence-electron chi connectivity index (χ2n) is 3.08. The Morgan fingerprint density at radius 3 is 2.69 bits per heavy atom. The number of nitro groups is 1. The molecule has 0 aliphatic heterocycles. The number of aromatic nitrogens is 2. The van der Waals surface area contributed by atoms with Crippen molar-refractivity contribution in [3.05, 3.63) is 53.0 Å². The van der Waals surface area contributed by atoms with Crippen molar-refractivity contribution in [2.24, 2.45) is 0 Å². The molecule has 0 aliphatic rings. The van der Waals surface area contributed by atoms with E-state index in [2.05, 4.69) is 4.98 Å². The molecule has 80 valence electrons. The van der Waals surface area contributed by atoms with Gasteiger partial charge < -0.3 is 5.11 Å². The minimum Gasteiger partial charge on any atom is -0.870 e. The van der Waals surface area contributed by atoms with Gasteiger partial charge in [0, 0.05) is 12.1 Å². The molecule has 6 heteroatoms. The summed E-state index contributed by atoms with van der Waals surface area (Å²) in [7, 11) is 0. The first kappa shape index (κ1) is 10.0. The zero-order chi connectivity index (χ0) is 11.5. The Bertz CT molecular complexity index is 525. The summed E-state index contributed by atoms with van der Waals surface area (Å²) in [5, 5.41) is 21.5. The second-order valence-corrected chi connectivity index (χ2v) is 3.08. The summed E-state index contributed by atoms with van der Waals surface area (Å²) in [6.45, 7) is 0. The molecule has 0 spiro atoms. The molecule has 0 bridgehead atoms. The fourth-order valence-corrected chi connectivity index (χ4v) is 1.24. The van der Waals surface area contributed by atoms with E-state index in [0.29, 0.717) is 5.82 Å². The lowest BCUT2D eigenvalue weighted by Gasteiger charge is -2.03. The van der Waals surface area contributed by atoms with Crippen molar-refractivity contribution < 1.29 is 14.6 Å². The minimum absolute atomic E-state index is 0.0809. The molecule has 0 N–H and O–H groups in total. The predicted molar refractivity (Wildman–Crippen MR) is 51.9 cm³/mol. The van der Waals surface area contributed by atoms with Crippen molar-refractivity contribution in [1.29, 1.82) is 0 Å². The molecule has 2 aromatic rings. The van der Waals surface area contributed by atoms with E-state index in [-0.39, 0.29) is 11.4 Å². The van der Waals surface area contributed by atoms with Crippen LogP contribution in [0.1, 0.15) is 0 Å². The Hall–Kier alpha value is -2.50. The molecule has 2 heterocycles. The maximum atomic E-state index is 11.1. The third-order valence-electron chi connectivity index (χ3n) is 1.98. The first-order chi connectivity index (χ1) is 7.66. The summed E-state index contributed by atoms with van der Waals surface area (Å²) in [6.07, 6.45) is 4.16. The average molecular weight is 217 g/mol. The molecule has 2 rings (SSSR count). The zero-order valence-corrected chi connectivity index (χ0v) is 8.11.